The fourth-order valence-corrected chi connectivity index (χ4v) is 2.85. The molecular formula is C11H9F2IN2S. The molecule has 0 aliphatic carbocycles. The van der Waals surface area contributed by atoms with Crippen LogP contribution in [0.15, 0.2) is 24.4 Å². The second kappa shape index (κ2) is 5.83. The SMILES string of the molecule is Fc1ccc(CNCc2ncc(I)s2)c(F)c1. The first-order valence-corrected chi connectivity index (χ1v) is 6.79. The molecule has 2 rings (SSSR count). The topological polar surface area (TPSA) is 24.9 Å². The zero-order valence-electron chi connectivity index (χ0n) is 8.71. The van der Waals surface area contributed by atoms with Gasteiger partial charge in [0.1, 0.15) is 16.6 Å². The van der Waals surface area contributed by atoms with Gasteiger partial charge in [0, 0.05) is 24.7 Å². The van der Waals surface area contributed by atoms with Crippen LogP contribution in [0, 0.1) is 14.5 Å². The summed E-state index contributed by atoms with van der Waals surface area (Å²) in [4.78, 5) is 4.18. The van der Waals surface area contributed by atoms with Crippen LogP contribution in [0.4, 0.5) is 8.78 Å². The average Bonchev–Trinajstić information content (AvgIpc) is 2.68. The van der Waals surface area contributed by atoms with E-state index in [9.17, 15) is 8.78 Å². The van der Waals surface area contributed by atoms with Gasteiger partial charge in [0.2, 0.25) is 0 Å². The van der Waals surface area contributed by atoms with Crippen molar-refractivity contribution in [3.05, 3.63) is 49.5 Å². The van der Waals surface area contributed by atoms with E-state index in [4.69, 9.17) is 0 Å². The Morgan fingerprint density at radius 1 is 1.29 bits per heavy atom. The molecule has 0 atom stereocenters. The molecule has 0 aliphatic heterocycles. The van der Waals surface area contributed by atoms with E-state index in [1.54, 1.807) is 17.5 Å². The van der Waals surface area contributed by atoms with Crippen molar-refractivity contribution in [1.82, 2.24) is 10.3 Å². The van der Waals surface area contributed by atoms with Crippen LogP contribution in [-0.2, 0) is 13.1 Å². The number of aromatic nitrogens is 1. The maximum atomic E-state index is 13.3. The van der Waals surface area contributed by atoms with Crippen LogP contribution in [0.25, 0.3) is 0 Å². The Kier molecular flexibility index (Phi) is 4.41. The molecule has 0 bridgehead atoms. The maximum absolute atomic E-state index is 13.3. The second-order valence-corrected chi connectivity index (χ2v) is 6.41. The molecule has 1 aromatic carbocycles. The van der Waals surface area contributed by atoms with Gasteiger partial charge in [-0.25, -0.2) is 13.8 Å². The third-order valence-corrected chi connectivity index (χ3v) is 3.86. The molecule has 0 aliphatic rings. The number of rotatable bonds is 4. The van der Waals surface area contributed by atoms with Crippen molar-refractivity contribution in [2.45, 2.75) is 13.1 Å². The van der Waals surface area contributed by atoms with Crippen LogP contribution in [0.2, 0.25) is 0 Å². The van der Waals surface area contributed by atoms with Crippen LogP contribution in [0.1, 0.15) is 10.6 Å². The van der Waals surface area contributed by atoms with Gasteiger partial charge in [0.05, 0.1) is 9.08 Å². The molecule has 2 aromatic rings. The molecule has 1 aromatic heterocycles. The highest BCUT2D eigenvalue weighted by atomic mass is 127. The fourth-order valence-electron chi connectivity index (χ4n) is 1.34. The molecule has 0 fully saturated rings. The Hall–Kier alpha value is -0.600. The van der Waals surface area contributed by atoms with Gasteiger partial charge in [-0.2, -0.15) is 0 Å². The molecular weight excluding hydrogens is 357 g/mol. The first-order chi connectivity index (χ1) is 8.15. The first-order valence-electron chi connectivity index (χ1n) is 4.90. The summed E-state index contributed by atoms with van der Waals surface area (Å²) in [6, 6.07) is 3.60. The Labute approximate surface area is 115 Å². The van der Waals surface area contributed by atoms with Crippen LogP contribution in [0.3, 0.4) is 0 Å². The Balaban J connectivity index is 1.90. The predicted molar refractivity (Wildman–Crippen MR) is 71.7 cm³/mol. The number of hydrogen-bond acceptors (Lipinski definition) is 3. The van der Waals surface area contributed by atoms with Gasteiger partial charge in [-0.3, -0.25) is 0 Å². The highest BCUT2D eigenvalue weighted by molar-refractivity contribution is 14.1. The minimum Gasteiger partial charge on any atom is -0.306 e. The standard InChI is InChI=1S/C11H9F2IN2S/c12-8-2-1-7(9(13)3-8)4-15-6-11-16-5-10(14)17-11/h1-3,5,15H,4,6H2. The lowest BCUT2D eigenvalue weighted by Crippen LogP contribution is -2.13. The van der Waals surface area contributed by atoms with E-state index >= 15 is 0 Å². The zero-order valence-corrected chi connectivity index (χ0v) is 11.7. The number of nitrogens with one attached hydrogen (secondary N) is 1. The summed E-state index contributed by atoms with van der Waals surface area (Å²) in [6.07, 6.45) is 1.79. The van der Waals surface area contributed by atoms with E-state index < -0.39 is 11.6 Å². The highest BCUT2D eigenvalue weighted by Gasteiger charge is 2.04. The summed E-state index contributed by atoms with van der Waals surface area (Å²) >= 11 is 3.79. The second-order valence-electron chi connectivity index (χ2n) is 3.40. The van der Waals surface area contributed by atoms with Crippen LogP contribution in [-0.4, -0.2) is 4.98 Å². The number of halogens is 3. The maximum Gasteiger partial charge on any atom is 0.130 e. The zero-order chi connectivity index (χ0) is 12.3. The van der Waals surface area contributed by atoms with Crippen molar-refractivity contribution >= 4 is 33.9 Å². The van der Waals surface area contributed by atoms with Crippen molar-refractivity contribution in [1.29, 1.82) is 0 Å². The normalized spacial score (nSPS) is 10.8. The van der Waals surface area contributed by atoms with Crippen molar-refractivity contribution in [3.8, 4) is 0 Å². The minimum atomic E-state index is -0.555. The van der Waals surface area contributed by atoms with Crippen molar-refractivity contribution in [2.75, 3.05) is 0 Å². The third-order valence-electron chi connectivity index (χ3n) is 2.13. The van der Waals surface area contributed by atoms with E-state index in [0.29, 0.717) is 18.7 Å². The number of hydrogen-bond donors (Lipinski definition) is 1. The van der Waals surface area contributed by atoms with Crippen LogP contribution < -0.4 is 5.32 Å². The number of nitrogens with zero attached hydrogens (tertiary/aromatic N) is 1. The van der Waals surface area contributed by atoms with E-state index in [1.807, 2.05) is 0 Å². The molecule has 1 N–H and O–H groups in total. The summed E-state index contributed by atoms with van der Waals surface area (Å²) in [5, 5.41) is 4.03. The van der Waals surface area contributed by atoms with Gasteiger partial charge in [-0.05, 0) is 28.7 Å². The molecule has 6 heteroatoms. The monoisotopic (exact) mass is 366 g/mol. The molecule has 2 nitrogen and oxygen atoms in total. The van der Waals surface area contributed by atoms with Crippen LogP contribution >= 0.6 is 33.9 Å². The largest absolute Gasteiger partial charge is 0.306 e. The van der Waals surface area contributed by atoms with Crippen LogP contribution in [0.5, 0.6) is 0 Å². The highest BCUT2D eigenvalue weighted by Crippen LogP contribution is 2.15. The van der Waals surface area contributed by atoms with Gasteiger partial charge >= 0.3 is 0 Å². The smallest absolute Gasteiger partial charge is 0.130 e. The summed E-state index contributed by atoms with van der Waals surface area (Å²) in [6.45, 7) is 0.951. The molecule has 0 saturated heterocycles. The van der Waals surface area contributed by atoms with Gasteiger partial charge in [-0.1, -0.05) is 6.07 Å². The lowest BCUT2D eigenvalue weighted by molar-refractivity contribution is 0.560. The van der Waals surface area contributed by atoms with Crippen molar-refractivity contribution in [2.24, 2.45) is 0 Å². The lowest BCUT2D eigenvalue weighted by Gasteiger charge is -2.04. The van der Waals surface area contributed by atoms with Gasteiger partial charge in [0.15, 0.2) is 0 Å². The lowest BCUT2D eigenvalue weighted by atomic mass is 10.2. The molecule has 17 heavy (non-hydrogen) atoms. The van der Waals surface area contributed by atoms with E-state index in [0.717, 1.165) is 14.0 Å². The van der Waals surface area contributed by atoms with Crippen molar-refractivity contribution < 1.29 is 8.78 Å². The third kappa shape index (κ3) is 3.68. The molecule has 0 radical (unpaired) electrons. The molecule has 0 spiro atoms. The predicted octanol–water partition coefficient (Wildman–Crippen LogP) is 3.32. The first kappa shape index (κ1) is 12.8. The molecule has 1 heterocycles. The number of benzene rings is 1. The average molecular weight is 366 g/mol. The quantitative estimate of drug-likeness (QED) is 0.840. The molecule has 0 amide bonds. The molecule has 0 unspecified atom stereocenters. The molecule has 0 saturated carbocycles. The molecule has 90 valence electrons. The summed E-state index contributed by atoms with van der Waals surface area (Å²) < 4.78 is 27.1. The van der Waals surface area contributed by atoms with E-state index in [-0.39, 0.29) is 0 Å². The van der Waals surface area contributed by atoms with Crippen molar-refractivity contribution in [3.63, 3.8) is 0 Å². The Morgan fingerprint density at radius 2 is 2.12 bits per heavy atom. The number of thiazole rings is 1. The minimum absolute atomic E-state index is 0.363. The fraction of sp³-hybridized carbons (Fsp3) is 0.182. The summed E-state index contributed by atoms with van der Waals surface area (Å²) in [5.74, 6) is -1.08. The van der Waals surface area contributed by atoms with E-state index in [2.05, 4.69) is 32.9 Å². The summed E-state index contributed by atoms with van der Waals surface area (Å²) in [7, 11) is 0. The summed E-state index contributed by atoms with van der Waals surface area (Å²) in [5.41, 5.74) is 0.456. The van der Waals surface area contributed by atoms with Gasteiger partial charge in [0.25, 0.3) is 0 Å². The van der Waals surface area contributed by atoms with E-state index in [1.165, 1.54) is 12.1 Å². The Morgan fingerprint density at radius 3 is 2.76 bits per heavy atom. The van der Waals surface area contributed by atoms with Gasteiger partial charge in [-0.15, -0.1) is 11.3 Å². The Bertz CT molecular complexity index is 516. The van der Waals surface area contributed by atoms with Gasteiger partial charge < -0.3 is 5.32 Å².